The Bertz CT molecular complexity index is 1200. The summed E-state index contributed by atoms with van der Waals surface area (Å²) >= 11 is 0. The van der Waals surface area contributed by atoms with Crippen LogP contribution < -0.4 is 4.74 Å². The van der Waals surface area contributed by atoms with E-state index in [1.54, 1.807) is 0 Å². The molecule has 0 radical (unpaired) electrons. The van der Waals surface area contributed by atoms with Crippen molar-refractivity contribution in [2.24, 2.45) is 0 Å². The molecule has 12 nitrogen and oxygen atoms in total. The van der Waals surface area contributed by atoms with E-state index in [0.717, 1.165) is 48.5 Å². The molecule has 0 saturated heterocycles. The van der Waals surface area contributed by atoms with Gasteiger partial charge in [-0.25, -0.2) is 9.59 Å². The van der Waals surface area contributed by atoms with Crippen molar-refractivity contribution in [1.82, 2.24) is 0 Å². The summed E-state index contributed by atoms with van der Waals surface area (Å²) in [6.07, 6.45) is 0. The highest BCUT2D eigenvalue weighted by atomic mass is 19.1. The maximum atomic E-state index is 14.1. The summed E-state index contributed by atoms with van der Waals surface area (Å²) in [6.45, 7) is -0.754. The van der Waals surface area contributed by atoms with E-state index in [1.165, 1.54) is 0 Å². The minimum Gasteiger partial charge on any atom is -0.478 e. The number of benzene rings is 2. The quantitative estimate of drug-likeness (QED) is 0.321. The minimum absolute atomic E-state index is 0.0590. The fourth-order valence-corrected chi connectivity index (χ4v) is 2.43. The van der Waals surface area contributed by atoms with E-state index in [0.29, 0.717) is 0 Å². The Balaban J connectivity index is 1.72. The molecule has 0 aliphatic heterocycles. The van der Waals surface area contributed by atoms with Crippen molar-refractivity contribution >= 4 is 23.3 Å². The Kier molecular flexibility index (Phi) is 6.09. The van der Waals surface area contributed by atoms with E-state index in [9.17, 15) is 39.3 Å². The number of aromatic hydroxyl groups is 1. The van der Waals surface area contributed by atoms with Crippen LogP contribution >= 0.6 is 0 Å². The second-order valence-electron chi connectivity index (χ2n) is 6.05. The third-order valence-electron chi connectivity index (χ3n) is 4.02. The van der Waals surface area contributed by atoms with Gasteiger partial charge >= 0.3 is 17.9 Å². The smallest absolute Gasteiger partial charge is 0.343 e. The summed E-state index contributed by atoms with van der Waals surface area (Å²) in [7, 11) is 0. The fraction of sp³-hybridized carbons (Fsp3) is 0.0526. The van der Waals surface area contributed by atoms with Gasteiger partial charge in [-0.2, -0.15) is 4.39 Å². The first-order chi connectivity index (χ1) is 15.2. The third kappa shape index (κ3) is 4.67. The van der Waals surface area contributed by atoms with Crippen LogP contribution in [-0.2, 0) is 11.3 Å². The molecule has 1 heterocycles. The van der Waals surface area contributed by atoms with E-state index < -0.39 is 51.7 Å². The molecule has 0 saturated carbocycles. The number of carbonyl (C=O) groups excluding carboxylic acids is 2. The van der Waals surface area contributed by atoms with Gasteiger partial charge in [0.05, 0.1) is 21.0 Å². The number of nitrogens with zero attached hydrogens (tertiary/aromatic N) is 2. The van der Waals surface area contributed by atoms with Gasteiger partial charge in [-0.15, -0.1) is 0 Å². The Morgan fingerprint density at radius 3 is 1.84 bits per heavy atom. The van der Waals surface area contributed by atoms with Crippen LogP contribution in [0.3, 0.4) is 0 Å². The molecule has 0 bridgehead atoms. The van der Waals surface area contributed by atoms with Crippen LogP contribution in [0.1, 0.15) is 26.5 Å². The Morgan fingerprint density at radius 2 is 1.38 bits per heavy atom. The zero-order valence-corrected chi connectivity index (χ0v) is 15.7. The molecule has 32 heavy (non-hydrogen) atoms. The van der Waals surface area contributed by atoms with E-state index in [2.05, 4.69) is 0 Å². The van der Waals surface area contributed by atoms with Crippen molar-refractivity contribution in [3.05, 3.63) is 91.5 Å². The summed E-state index contributed by atoms with van der Waals surface area (Å²) in [5, 5.41) is 30.8. The lowest BCUT2D eigenvalue weighted by Crippen LogP contribution is -2.11. The molecular formula is C19H11FN2O10. The molecule has 3 rings (SSSR count). The van der Waals surface area contributed by atoms with Gasteiger partial charge in [0.1, 0.15) is 0 Å². The molecule has 0 atom stereocenters. The fourth-order valence-electron chi connectivity index (χ4n) is 2.43. The first kappa shape index (κ1) is 21.9. The molecule has 2 aromatic carbocycles. The number of esters is 2. The average molecular weight is 446 g/mol. The van der Waals surface area contributed by atoms with Crippen molar-refractivity contribution in [2.45, 2.75) is 6.61 Å². The number of non-ortho nitro benzene ring substituents is 2. The number of nitro groups is 2. The number of hydrogen-bond acceptors (Lipinski definition) is 10. The van der Waals surface area contributed by atoms with Gasteiger partial charge < -0.3 is 19.0 Å². The predicted octanol–water partition coefficient (Wildman–Crippen LogP) is 3.52. The van der Waals surface area contributed by atoms with Crippen LogP contribution in [0.4, 0.5) is 15.8 Å². The molecule has 164 valence electrons. The van der Waals surface area contributed by atoms with Crippen LogP contribution in [0.2, 0.25) is 0 Å². The molecule has 0 spiro atoms. The third-order valence-corrected chi connectivity index (χ3v) is 4.02. The van der Waals surface area contributed by atoms with Crippen LogP contribution in [0.5, 0.6) is 11.7 Å². The molecular weight excluding hydrogens is 435 g/mol. The SMILES string of the molecule is O=C(OCc1oc(O)c(F)c1OC(=O)c1ccc([N+](=O)[O-])cc1)c1ccc([N+](=O)[O-])cc1. The topological polar surface area (TPSA) is 172 Å². The number of rotatable bonds is 7. The van der Waals surface area contributed by atoms with E-state index in [4.69, 9.17) is 13.9 Å². The zero-order valence-electron chi connectivity index (χ0n) is 15.7. The number of ether oxygens (including phenoxy) is 2. The largest absolute Gasteiger partial charge is 0.478 e. The second kappa shape index (κ2) is 8.91. The number of furan rings is 1. The lowest BCUT2D eigenvalue weighted by Gasteiger charge is -2.06. The standard InChI is InChI=1S/C19H11FN2O10/c20-15-16(32-18(24)11-3-7-13(8-4-11)22(28)29)14(31-19(15)25)9-30-17(23)10-1-5-12(6-2-10)21(26)27/h1-8,25H,9H2. The first-order valence-electron chi connectivity index (χ1n) is 8.55. The van der Waals surface area contributed by atoms with Gasteiger partial charge in [0.2, 0.25) is 11.6 Å². The van der Waals surface area contributed by atoms with Crippen LogP contribution in [-0.4, -0.2) is 26.9 Å². The Hall–Kier alpha value is -4.81. The lowest BCUT2D eigenvalue weighted by atomic mass is 10.2. The van der Waals surface area contributed by atoms with Gasteiger partial charge in [0.15, 0.2) is 12.4 Å². The molecule has 13 heteroatoms. The predicted molar refractivity (Wildman–Crippen MR) is 101 cm³/mol. The highest BCUT2D eigenvalue weighted by Crippen LogP contribution is 2.34. The van der Waals surface area contributed by atoms with E-state index in [1.807, 2.05) is 0 Å². The number of nitro benzene ring substituents is 2. The van der Waals surface area contributed by atoms with Gasteiger partial charge in [0, 0.05) is 24.3 Å². The van der Waals surface area contributed by atoms with Crippen LogP contribution in [0.25, 0.3) is 0 Å². The summed E-state index contributed by atoms with van der Waals surface area (Å²) in [5.74, 6) is -6.11. The molecule has 0 fully saturated rings. The molecule has 1 aromatic heterocycles. The second-order valence-corrected chi connectivity index (χ2v) is 6.05. The molecule has 0 amide bonds. The first-order valence-corrected chi connectivity index (χ1v) is 8.55. The number of hydrogen-bond donors (Lipinski definition) is 1. The summed E-state index contributed by atoms with van der Waals surface area (Å²) in [4.78, 5) is 44.3. The Morgan fingerprint density at radius 1 is 0.906 bits per heavy atom. The van der Waals surface area contributed by atoms with Crippen molar-refractivity contribution in [3.63, 3.8) is 0 Å². The van der Waals surface area contributed by atoms with Gasteiger partial charge in [-0.05, 0) is 24.3 Å². The molecule has 0 unspecified atom stereocenters. The number of carbonyl (C=O) groups is 2. The monoisotopic (exact) mass is 446 g/mol. The normalized spacial score (nSPS) is 10.4. The number of halogens is 1. The lowest BCUT2D eigenvalue weighted by molar-refractivity contribution is -0.385. The average Bonchev–Trinajstić information content (AvgIpc) is 3.05. The van der Waals surface area contributed by atoms with Crippen molar-refractivity contribution in [2.75, 3.05) is 0 Å². The zero-order chi connectivity index (χ0) is 23.4. The molecule has 0 aliphatic rings. The molecule has 0 aliphatic carbocycles. The minimum atomic E-state index is -1.43. The molecule has 3 aromatic rings. The van der Waals surface area contributed by atoms with Gasteiger partial charge in [0.25, 0.3) is 11.4 Å². The van der Waals surface area contributed by atoms with E-state index in [-0.39, 0.29) is 22.5 Å². The summed E-state index contributed by atoms with van der Waals surface area (Å²) in [6, 6.07) is 8.64. The highest BCUT2D eigenvalue weighted by Gasteiger charge is 2.26. The van der Waals surface area contributed by atoms with Crippen molar-refractivity contribution in [1.29, 1.82) is 0 Å². The molecule has 1 N–H and O–H groups in total. The maximum Gasteiger partial charge on any atom is 0.343 e. The highest BCUT2D eigenvalue weighted by molar-refractivity contribution is 5.91. The van der Waals surface area contributed by atoms with Gasteiger partial charge in [-0.3, -0.25) is 20.2 Å². The Labute approximate surface area is 176 Å². The van der Waals surface area contributed by atoms with Crippen LogP contribution in [0.15, 0.2) is 52.9 Å². The van der Waals surface area contributed by atoms with E-state index >= 15 is 0 Å². The van der Waals surface area contributed by atoms with Crippen LogP contribution in [0, 0.1) is 26.0 Å². The summed E-state index contributed by atoms with van der Waals surface area (Å²) < 4.78 is 28.6. The van der Waals surface area contributed by atoms with Crippen molar-refractivity contribution in [3.8, 4) is 11.7 Å². The maximum absolute atomic E-state index is 14.1. The summed E-state index contributed by atoms with van der Waals surface area (Å²) in [5.41, 5.74) is -0.756. The van der Waals surface area contributed by atoms with Gasteiger partial charge in [-0.1, -0.05) is 0 Å². The van der Waals surface area contributed by atoms with Crippen molar-refractivity contribution < 1.29 is 42.8 Å².